The van der Waals surface area contributed by atoms with Gasteiger partial charge < -0.3 is 9.30 Å². The van der Waals surface area contributed by atoms with Crippen LogP contribution in [0.25, 0.3) is 10.9 Å². The van der Waals surface area contributed by atoms with Crippen molar-refractivity contribution < 1.29 is 9.53 Å². The third-order valence-electron chi connectivity index (χ3n) is 2.51. The van der Waals surface area contributed by atoms with Gasteiger partial charge in [-0.1, -0.05) is 18.2 Å². The number of Topliss-reactive ketones (excluding diaryl/α,β-unsaturated/α-hetero) is 1. The molecule has 0 unspecified atom stereocenters. The molecule has 0 saturated carbocycles. The second kappa shape index (κ2) is 3.87. The number of carbonyl (C=O) groups is 1. The molecule has 0 spiro atoms. The van der Waals surface area contributed by atoms with Crippen molar-refractivity contribution in [1.29, 1.82) is 0 Å². The molecule has 0 saturated heterocycles. The standard InChI is InChI=1S/C12H13NO2/c1-13-10-6-4-3-5-9(10)7-11(13)12(14)8-15-2/h3-7H,8H2,1-2H3. The van der Waals surface area contributed by atoms with Gasteiger partial charge in [-0.05, 0) is 12.1 Å². The van der Waals surface area contributed by atoms with E-state index in [1.807, 2.05) is 41.9 Å². The third-order valence-corrected chi connectivity index (χ3v) is 2.51. The lowest BCUT2D eigenvalue weighted by Gasteiger charge is -2.01. The largest absolute Gasteiger partial charge is 0.376 e. The van der Waals surface area contributed by atoms with Gasteiger partial charge in [0.15, 0.2) is 0 Å². The molecule has 0 radical (unpaired) electrons. The van der Waals surface area contributed by atoms with E-state index in [0.717, 1.165) is 10.9 Å². The number of rotatable bonds is 3. The molecular weight excluding hydrogens is 190 g/mol. The average molecular weight is 203 g/mol. The van der Waals surface area contributed by atoms with Crippen LogP contribution in [-0.4, -0.2) is 24.1 Å². The lowest BCUT2D eigenvalue weighted by Crippen LogP contribution is -2.11. The van der Waals surface area contributed by atoms with Crippen LogP contribution in [0.15, 0.2) is 30.3 Å². The Hall–Kier alpha value is -1.61. The minimum Gasteiger partial charge on any atom is -0.376 e. The predicted octanol–water partition coefficient (Wildman–Crippen LogP) is 2.01. The molecule has 0 N–H and O–H groups in total. The number of ether oxygens (including phenoxy) is 1. The molecule has 78 valence electrons. The molecule has 0 bridgehead atoms. The number of fused-ring (bicyclic) bond motifs is 1. The number of para-hydroxylation sites is 1. The molecule has 0 aliphatic carbocycles. The van der Waals surface area contributed by atoms with Crippen molar-refractivity contribution in [2.24, 2.45) is 7.05 Å². The molecule has 2 rings (SSSR count). The molecule has 15 heavy (non-hydrogen) atoms. The first kappa shape index (κ1) is 9.93. The molecule has 0 aliphatic heterocycles. The van der Waals surface area contributed by atoms with Gasteiger partial charge in [-0.3, -0.25) is 4.79 Å². The molecule has 0 amide bonds. The first-order valence-corrected chi connectivity index (χ1v) is 4.80. The van der Waals surface area contributed by atoms with Crippen LogP contribution in [0.5, 0.6) is 0 Å². The summed E-state index contributed by atoms with van der Waals surface area (Å²) in [5, 5.41) is 1.08. The van der Waals surface area contributed by atoms with Gasteiger partial charge in [-0.15, -0.1) is 0 Å². The third kappa shape index (κ3) is 1.66. The van der Waals surface area contributed by atoms with E-state index in [2.05, 4.69) is 0 Å². The van der Waals surface area contributed by atoms with Gasteiger partial charge in [0.05, 0.1) is 5.69 Å². The number of hydrogen-bond acceptors (Lipinski definition) is 2. The zero-order valence-electron chi connectivity index (χ0n) is 8.86. The highest BCUT2D eigenvalue weighted by Gasteiger charge is 2.12. The molecule has 0 aliphatic rings. The van der Waals surface area contributed by atoms with Crippen molar-refractivity contribution in [2.45, 2.75) is 0 Å². The van der Waals surface area contributed by atoms with Gasteiger partial charge in [-0.2, -0.15) is 0 Å². The topological polar surface area (TPSA) is 31.2 Å². The zero-order valence-corrected chi connectivity index (χ0v) is 8.86. The van der Waals surface area contributed by atoms with Gasteiger partial charge in [0, 0.05) is 25.1 Å². The molecular formula is C12H13NO2. The summed E-state index contributed by atoms with van der Waals surface area (Å²) in [6, 6.07) is 9.83. The summed E-state index contributed by atoms with van der Waals surface area (Å²) < 4.78 is 6.75. The van der Waals surface area contributed by atoms with Crippen molar-refractivity contribution in [2.75, 3.05) is 13.7 Å². The van der Waals surface area contributed by atoms with Crippen LogP contribution in [-0.2, 0) is 11.8 Å². The smallest absolute Gasteiger partial charge is 0.204 e. The summed E-state index contributed by atoms with van der Waals surface area (Å²) >= 11 is 0. The molecule has 0 fully saturated rings. The summed E-state index contributed by atoms with van der Waals surface area (Å²) in [4.78, 5) is 11.7. The first-order chi connectivity index (χ1) is 7.24. The quantitative estimate of drug-likeness (QED) is 0.714. The lowest BCUT2D eigenvalue weighted by molar-refractivity contribution is 0.0840. The summed E-state index contributed by atoms with van der Waals surface area (Å²) in [5.74, 6) is 0.0104. The molecule has 1 heterocycles. The maximum Gasteiger partial charge on any atom is 0.204 e. The molecule has 0 atom stereocenters. The number of aryl methyl sites for hydroxylation is 1. The number of carbonyl (C=O) groups excluding carboxylic acids is 1. The number of aromatic nitrogens is 1. The van der Waals surface area contributed by atoms with E-state index in [1.165, 1.54) is 7.11 Å². The number of methoxy groups -OCH3 is 1. The van der Waals surface area contributed by atoms with Crippen molar-refractivity contribution >= 4 is 16.7 Å². The maximum atomic E-state index is 11.7. The average Bonchev–Trinajstić information content (AvgIpc) is 2.57. The SMILES string of the molecule is COCC(=O)c1cc2ccccc2n1C. The van der Waals surface area contributed by atoms with Crippen molar-refractivity contribution in [3.05, 3.63) is 36.0 Å². The van der Waals surface area contributed by atoms with E-state index in [-0.39, 0.29) is 12.4 Å². The number of benzene rings is 1. The number of ketones is 1. The Morgan fingerprint density at radius 2 is 2.13 bits per heavy atom. The van der Waals surface area contributed by atoms with E-state index in [4.69, 9.17) is 4.74 Å². The fraction of sp³-hybridized carbons (Fsp3) is 0.250. The minimum absolute atomic E-state index is 0.0104. The summed E-state index contributed by atoms with van der Waals surface area (Å²) in [6.07, 6.45) is 0. The van der Waals surface area contributed by atoms with Gasteiger partial charge >= 0.3 is 0 Å². The van der Waals surface area contributed by atoms with Gasteiger partial charge in [0.2, 0.25) is 5.78 Å². The van der Waals surface area contributed by atoms with Crippen LogP contribution < -0.4 is 0 Å². The highest BCUT2D eigenvalue weighted by Crippen LogP contribution is 2.18. The van der Waals surface area contributed by atoms with Crippen LogP contribution in [0.4, 0.5) is 0 Å². The monoisotopic (exact) mass is 203 g/mol. The second-order valence-electron chi connectivity index (χ2n) is 3.50. The Balaban J connectivity index is 2.53. The Bertz CT molecular complexity index is 499. The van der Waals surface area contributed by atoms with Crippen molar-refractivity contribution in [1.82, 2.24) is 4.57 Å². The predicted molar refractivity (Wildman–Crippen MR) is 59.1 cm³/mol. The van der Waals surface area contributed by atoms with Crippen LogP contribution in [0.1, 0.15) is 10.5 Å². The molecule has 3 heteroatoms. The van der Waals surface area contributed by atoms with Crippen molar-refractivity contribution in [3.8, 4) is 0 Å². The molecule has 1 aromatic carbocycles. The Morgan fingerprint density at radius 1 is 1.40 bits per heavy atom. The van der Waals surface area contributed by atoms with E-state index in [0.29, 0.717) is 5.69 Å². The van der Waals surface area contributed by atoms with Crippen molar-refractivity contribution in [3.63, 3.8) is 0 Å². The minimum atomic E-state index is 0.0104. The molecule has 3 nitrogen and oxygen atoms in total. The zero-order chi connectivity index (χ0) is 10.8. The maximum absolute atomic E-state index is 11.7. The second-order valence-corrected chi connectivity index (χ2v) is 3.50. The van der Waals surface area contributed by atoms with E-state index < -0.39 is 0 Å². The van der Waals surface area contributed by atoms with Crippen LogP contribution >= 0.6 is 0 Å². The summed E-state index contributed by atoms with van der Waals surface area (Å²) in [7, 11) is 3.42. The Labute approximate surface area is 88.3 Å². The van der Waals surface area contributed by atoms with Gasteiger partial charge in [0.1, 0.15) is 6.61 Å². The molecule has 1 aromatic heterocycles. The lowest BCUT2D eigenvalue weighted by atomic mass is 10.2. The fourth-order valence-corrected chi connectivity index (χ4v) is 1.76. The van der Waals surface area contributed by atoms with Gasteiger partial charge in [0.25, 0.3) is 0 Å². The fourth-order valence-electron chi connectivity index (χ4n) is 1.76. The highest BCUT2D eigenvalue weighted by atomic mass is 16.5. The van der Waals surface area contributed by atoms with E-state index >= 15 is 0 Å². The summed E-state index contributed by atoms with van der Waals surface area (Å²) in [5.41, 5.74) is 1.76. The number of nitrogens with zero attached hydrogens (tertiary/aromatic N) is 1. The van der Waals surface area contributed by atoms with Gasteiger partial charge in [-0.25, -0.2) is 0 Å². The van der Waals surface area contributed by atoms with E-state index in [9.17, 15) is 4.79 Å². The van der Waals surface area contributed by atoms with Crippen LogP contribution in [0, 0.1) is 0 Å². The molecule has 2 aromatic rings. The Kier molecular flexibility index (Phi) is 2.56. The highest BCUT2D eigenvalue weighted by molar-refractivity contribution is 6.00. The Morgan fingerprint density at radius 3 is 2.80 bits per heavy atom. The van der Waals surface area contributed by atoms with E-state index in [1.54, 1.807) is 0 Å². The summed E-state index contributed by atoms with van der Waals surface area (Å²) in [6.45, 7) is 0.129. The number of hydrogen-bond donors (Lipinski definition) is 0. The normalized spacial score (nSPS) is 10.8. The van der Waals surface area contributed by atoms with Crippen LogP contribution in [0.3, 0.4) is 0 Å². The van der Waals surface area contributed by atoms with Crippen LogP contribution in [0.2, 0.25) is 0 Å². The first-order valence-electron chi connectivity index (χ1n) is 4.80.